The van der Waals surface area contributed by atoms with Crippen LogP contribution < -0.4 is 14.4 Å². The van der Waals surface area contributed by atoms with Gasteiger partial charge in [0.1, 0.15) is 17.5 Å². The zero-order chi connectivity index (χ0) is 27.6. The van der Waals surface area contributed by atoms with E-state index in [0.29, 0.717) is 33.3 Å². The van der Waals surface area contributed by atoms with Crippen LogP contribution in [-0.4, -0.2) is 42.9 Å². The molecule has 0 unspecified atom stereocenters. The first kappa shape index (κ1) is 26.9. The van der Waals surface area contributed by atoms with Gasteiger partial charge in [0, 0.05) is 16.3 Å². The molecule has 2 heterocycles. The third-order valence-electron chi connectivity index (χ3n) is 6.73. The van der Waals surface area contributed by atoms with Crippen molar-refractivity contribution in [1.29, 1.82) is 0 Å². The van der Waals surface area contributed by atoms with Gasteiger partial charge in [0.15, 0.2) is 0 Å². The minimum absolute atomic E-state index is 0.165. The maximum atomic E-state index is 13.8. The molecule has 0 aliphatic carbocycles. The Morgan fingerprint density at radius 3 is 1.89 bits per heavy atom. The molecule has 2 aliphatic rings. The minimum atomic E-state index is -1.27. The molecule has 0 saturated carbocycles. The average Bonchev–Trinajstić information content (AvgIpc) is 3.16. The highest BCUT2D eigenvalue weighted by Gasteiger charge is 2.59. The van der Waals surface area contributed by atoms with Crippen LogP contribution in [0.2, 0.25) is 25.1 Å². The van der Waals surface area contributed by atoms with Gasteiger partial charge < -0.3 is 9.47 Å². The van der Waals surface area contributed by atoms with Crippen LogP contribution in [-0.2, 0) is 4.79 Å². The summed E-state index contributed by atoms with van der Waals surface area (Å²) in [5.41, 5.74) is 1.23. The number of imide groups is 1. The molecule has 3 aromatic carbocycles. The molecule has 2 atom stereocenters. The van der Waals surface area contributed by atoms with Gasteiger partial charge in [0.05, 0.1) is 51.5 Å². The van der Waals surface area contributed by atoms with Crippen molar-refractivity contribution < 1.29 is 23.9 Å². The summed E-state index contributed by atoms with van der Waals surface area (Å²) in [6.07, 6.45) is 0. The van der Waals surface area contributed by atoms with Crippen LogP contribution >= 0.6 is 58.0 Å². The molecule has 7 nitrogen and oxygen atoms in total. The Hall–Kier alpha value is -2.68. The van der Waals surface area contributed by atoms with Crippen LogP contribution in [0.4, 0.5) is 5.69 Å². The molecular weight excluding hydrogens is 598 g/mol. The van der Waals surface area contributed by atoms with Crippen molar-refractivity contribution in [3.8, 4) is 11.5 Å². The maximum absolute atomic E-state index is 13.8. The highest BCUT2D eigenvalue weighted by Crippen LogP contribution is 2.51. The third kappa shape index (κ3) is 3.75. The maximum Gasteiger partial charge on any atom is 0.264 e. The Bertz CT molecular complexity index is 1510. The first-order chi connectivity index (χ1) is 18.0. The van der Waals surface area contributed by atoms with Crippen molar-refractivity contribution in [2.24, 2.45) is 0 Å². The molecule has 3 amide bonds. The van der Waals surface area contributed by atoms with E-state index in [9.17, 15) is 14.4 Å². The van der Waals surface area contributed by atoms with E-state index in [2.05, 4.69) is 0 Å². The van der Waals surface area contributed by atoms with Gasteiger partial charge >= 0.3 is 0 Å². The molecular formula is C26H17Cl5N2O5. The van der Waals surface area contributed by atoms with Crippen LogP contribution in [0.5, 0.6) is 11.5 Å². The largest absolute Gasteiger partial charge is 0.497 e. The quantitative estimate of drug-likeness (QED) is 0.134. The molecule has 0 aromatic heterocycles. The predicted molar refractivity (Wildman–Crippen MR) is 147 cm³/mol. The molecule has 0 N–H and O–H groups in total. The van der Waals surface area contributed by atoms with E-state index in [1.165, 1.54) is 19.1 Å². The number of methoxy groups -OCH3 is 2. The number of anilines is 1. The summed E-state index contributed by atoms with van der Waals surface area (Å²) >= 11 is 31.4. The van der Waals surface area contributed by atoms with Crippen LogP contribution in [0.3, 0.4) is 0 Å². The van der Waals surface area contributed by atoms with Crippen molar-refractivity contribution in [3.05, 3.63) is 83.8 Å². The number of halogens is 5. The summed E-state index contributed by atoms with van der Waals surface area (Å²) in [5, 5.41) is -0.327. The summed E-state index contributed by atoms with van der Waals surface area (Å²) in [5.74, 6) is -1.26. The number of nitrogens with zero attached hydrogens (tertiary/aromatic N) is 2. The normalized spacial score (nSPS) is 18.6. The number of carbonyl (C=O) groups excluding carboxylic acids is 3. The van der Waals surface area contributed by atoms with E-state index in [0.717, 1.165) is 4.90 Å². The second-order valence-corrected chi connectivity index (χ2v) is 10.5. The monoisotopic (exact) mass is 612 g/mol. The summed E-state index contributed by atoms with van der Waals surface area (Å²) in [4.78, 5) is 43.5. The lowest BCUT2D eigenvalue weighted by atomic mass is 9.85. The first-order valence-corrected chi connectivity index (χ1v) is 13.0. The smallest absolute Gasteiger partial charge is 0.264 e. The lowest BCUT2D eigenvalue weighted by molar-refractivity contribution is -0.130. The molecule has 2 aliphatic heterocycles. The Morgan fingerprint density at radius 1 is 0.737 bits per heavy atom. The summed E-state index contributed by atoms with van der Waals surface area (Å²) in [6.45, 7) is 1.77. The van der Waals surface area contributed by atoms with Crippen molar-refractivity contribution >= 4 is 81.4 Å². The first-order valence-electron chi connectivity index (χ1n) is 11.1. The molecule has 1 fully saturated rings. The van der Waals surface area contributed by atoms with Gasteiger partial charge in [-0.1, -0.05) is 64.1 Å². The van der Waals surface area contributed by atoms with Crippen molar-refractivity contribution in [1.82, 2.24) is 4.90 Å². The highest BCUT2D eigenvalue weighted by atomic mass is 35.5. The van der Waals surface area contributed by atoms with Crippen molar-refractivity contribution in [2.75, 3.05) is 19.1 Å². The lowest BCUT2D eigenvalue weighted by Crippen LogP contribution is -2.67. The van der Waals surface area contributed by atoms with Gasteiger partial charge in [-0.2, -0.15) is 0 Å². The fourth-order valence-corrected chi connectivity index (χ4v) is 6.03. The topological polar surface area (TPSA) is 76.1 Å². The number of fused-ring (bicyclic) bond motifs is 1. The summed E-state index contributed by atoms with van der Waals surface area (Å²) in [6, 6.07) is 8.04. The predicted octanol–water partition coefficient (Wildman–Crippen LogP) is 7.03. The zero-order valence-corrected chi connectivity index (χ0v) is 23.7. The lowest BCUT2D eigenvalue weighted by Gasteiger charge is -2.50. The molecule has 1 saturated heterocycles. The molecule has 12 heteroatoms. The molecule has 0 radical (unpaired) electrons. The van der Waals surface area contributed by atoms with Crippen LogP contribution in [0.25, 0.3) is 0 Å². The Balaban J connectivity index is 1.71. The number of carbonyl (C=O) groups is 3. The van der Waals surface area contributed by atoms with Gasteiger partial charge in [-0.25, -0.2) is 0 Å². The number of benzene rings is 3. The fraction of sp³-hybridized carbons (Fsp3) is 0.192. The number of hydrogen-bond acceptors (Lipinski definition) is 5. The minimum Gasteiger partial charge on any atom is -0.497 e. The second-order valence-electron chi connectivity index (χ2n) is 8.58. The average molecular weight is 615 g/mol. The van der Waals surface area contributed by atoms with E-state index in [4.69, 9.17) is 67.5 Å². The third-order valence-corrected chi connectivity index (χ3v) is 8.94. The van der Waals surface area contributed by atoms with E-state index >= 15 is 0 Å². The molecule has 38 heavy (non-hydrogen) atoms. The van der Waals surface area contributed by atoms with Gasteiger partial charge in [0.2, 0.25) is 0 Å². The molecule has 196 valence electrons. The number of ether oxygens (including phenoxy) is 2. The molecule has 0 spiro atoms. The zero-order valence-electron chi connectivity index (χ0n) is 19.9. The van der Waals surface area contributed by atoms with Crippen LogP contribution in [0.15, 0.2) is 36.4 Å². The van der Waals surface area contributed by atoms with Gasteiger partial charge in [-0.05, 0) is 42.8 Å². The number of hydrogen-bond donors (Lipinski definition) is 0. The fourth-order valence-electron chi connectivity index (χ4n) is 4.85. The van der Waals surface area contributed by atoms with Crippen LogP contribution in [0, 0.1) is 6.92 Å². The summed E-state index contributed by atoms with van der Waals surface area (Å²) in [7, 11) is 2.97. The Labute approximate surface area is 242 Å². The van der Waals surface area contributed by atoms with E-state index in [1.807, 2.05) is 0 Å². The van der Waals surface area contributed by atoms with E-state index in [1.54, 1.807) is 43.3 Å². The Kier molecular flexibility index (Phi) is 6.95. The van der Waals surface area contributed by atoms with Gasteiger partial charge in [-0.3, -0.25) is 24.2 Å². The van der Waals surface area contributed by atoms with Gasteiger partial charge in [-0.15, -0.1) is 0 Å². The molecule has 0 bridgehead atoms. The van der Waals surface area contributed by atoms with Crippen molar-refractivity contribution in [2.45, 2.75) is 19.0 Å². The Morgan fingerprint density at radius 2 is 1.34 bits per heavy atom. The molecule has 3 aromatic rings. The van der Waals surface area contributed by atoms with E-state index < -0.39 is 29.8 Å². The highest BCUT2D eigenvalue weighted by molar-refractivity contribution is 6.55. The number of amides is 3. The van der Waals surface area contributed by atoms with Gasteiger partial charge in [0.25, 0.3) is 17.7 Å². The SMILES string of the molecule is COc1ccc(OC)c([C@H]2[C@H](N3C(=O)c4c(Cl)c(Cl)c(Cl)c(Cl)c4C3=O)C(=O)N2c2cccc(Cl)c2C)c1. The second kappa shape index (κ2) is 9.81. The van der Waals surface area contributed by atoms with Crippen LogP contribution in [0.1, 0.15) is 37.9 Å². The molecule has 5 rings (SSSR count). The number of β-lactam (4-membered cyclic amide) rings is 1. The van der Waals surface area contributed by atoms with Crippen molar-refractivity contribution in [3.63, 3.8) is 0 Å². The summed E-state index contributed by atoms with van der Waals surface area (Å²) < 4.78 is 11.0. The standard InChI is InChI=1S/C26H17Cl5N2O5/c1-10-13(27)5-4-6-14(10)32-22(12-9-11(37-2)7-8-15(12)38-3)23(26(32)36)33-24(34)16-17(25(33)35)19(29)21(31)20(30)18(16)28/h4-9,22-23H,1-3H3/t22-,23-/m0/s1. The number of rotatable bonds is 5. The van der Waals surface area contributed by atoms with E-state index in [-0.39, 0.29) is 31.2 Å².